The second-order valence-corrected chi connectivity index (χ2v) is 5.65. The molecule has 0 aromatic heterocycles. The van der Waals surface area contributed by atoms with E-state index in [0.717, 1.165) is 17.5 Å². The summed E-state index contributed by atoms with van der Waals surface area (Å²) < 4.78 is 16.9. The van der Waals surface area contributed by atoms with Crippen LogP contribution in [-0.4, -0.2) is 25.0 Å². The summed E-state index contributed by atoms with van der Waals surface area (Å²) in [5.41, 5.74) is 7.46. The Morgan fingerprint density at radius 2 is 2.12 bits per heavy atom. The molecule has 0 aliphatic carbocycles. The number of allylic oxidation sites excluding steroid dienone is 1. The van der Waals surface area contributed by atoms with Crippen molar-refractivity contribution in [2.24, 2.45) is 10.7 Å². The third-order valence-corrected chi connectivity index (χ3v) is 3.58. The molecule has 0 unspecified atom stereocenters. The Morgan fingerprint density at radius 3 is 2.72 bits per heavy atom. The van der Waals surface area contributed by atoms with Crippen LogP contribution in [0.4, 0.5) is 0 Å². The highest BCUT2D eigenvalue weighted by atomic mass is 16.7. The largest absolute Gasteiger partial charge is 0.439 e. The number of carbonyl (C=O) groups is 1. The fourth-order valence-electron chi connectivity index (χ4n) is 2.14. The molecule has 6 heteroatoms. The summed E-state index contributed by atoms with van der Waals surface area (Å²) >= 11 is 0. The molecular weight excluding hydrogens is 320 g/mol. The molecule has 2 rings (SSSR count). The first-order valence-corrected chi connectivity index (χ1v) is 8.23. The third kappa shape index (κ3) is 5.55. The zero-order chi connectivity index (χ0) is 18.2. The lowest BCUT2D eigenvalue weighted by atomic mass is 10.1. The SMILES string of the molecule is CC/C=C/C(=N/C=C(\C)C(N)=O)Oc1ccc(C2OCCO2)cc1C. The zero-order valence-corrected chi connectivity index (χ0v) is 14.8. The number of nitrogens with zero attached hydrogens (tertiary/aromatic N) is 1. The number of nitrogens with two attached hydrogens (primary N) is 1. The van der Waals surface area contributed by atoms with E-state index in [9.17, 15) is 4.79 Å². The van der Waals surface area contributed by atoms with Gasteiger partial charge >= 0.3 is 0 Å². The molecule has 0 bridgehead atoms. The number of hydrogen-bond donors (Lipinski definition) is 1. The van der Waals surface area contributed by atoms with Gasteiger partial charge in [0, 0.05) is 17.3 Å². The highest BCUT2D eigenvalue weighted by molar-refractivity contribution is 5.93. The molecule has 6 nitrogen and oxygen atoms in total. The molecule has 134 valence electrons. The highest BCUT2D eigenvalue weighted by Crippen LogP contribution is 2.28. The standard InChI is InChI=1S/C19H24N2O4/c1-4-5-6-17(21-12-14(3)18(20)22)25-16-8-7-15(11-13(16)2)19-23-9-10-24-19/h5-8,11-12,19H,4,9-10H2,1-3H3,(H2,20,22)/b6-5+,14-12+,21-17-. The molecule has 1 saturated heterocycles. The van der Waals surface area contributed by atoms with Crippen molar-refractivity contribution < 1.29 is 19.0 Å². The second-order valence-electron chi connectivity index (χ2n) is 5.65. The molecule has 0 spiro atoms. The predicted molar refractivity (Wildman–Crippen MR) is 96.3 cm³/mol. The van der Waals surface area contributed by atoms with E-state index < -0.39 is 5.91 Å². The molecule has 1 fully saturated rings. The van der Waals surface area contributed by atoms with E-state index in [1.807, 2.05) is 38.1 Å². The molecule has 1 aromatic carbocycles. The second kappa shape index (κ2) is 9.15. The van der Waals surface area contributed by atoms with E-state index in [1.165, 1.54) is 6.20 Å². The first-order valence-electron chi connectivity index (χ1n) is 8.23. The van der Waals surface area contributed by atoms with Crippen molar-refractivity contribution in [2.75, 3.05) is 13.2 Å². The number of benzene rings is 1. The third-order valence-electron chi connectivity index (χ3n) is 3.58. The number of rotatable bonds is 6. The quantitative estimate of drug-likeness (QED) is 0.488. The van der Waals surface area contributed by atoms with E-state index in [2.05, 4.69) is 4.99 Å². The van der Waals surface area contributed by atoms with Crippen LogP contribution in [0.1, 0.15) is 37.7 Å². The number of ether oxygens (including phenoxy) is 3. The molecule has 1 aromatic rings. The highest BCUT2D eigenvalue weighted by Gasteiger charge is 2.19. The van der Waals surface area contributed by atoms with Crippen molar-refractivity contribution >= 4 is 11.8 Å². The Labute approximate surface area is 148 Å². The van der Waals surface area contributed by atoms with Crippen molar-refractivity contribution in [3.8, 4) is 5.75 Å². The van der Waals surface area contributed by atoms with Gasteiger partial charge in [0.2, 0.25) is 11.8 Å². The molecule has 0 radical (unpaired) electrons. The van der Waals surface area contributed by atoms with E-state index in [4.69, 9.17) is 19.9 Å². The lowest BCUT2D eigenvalue weighted by Gasteiger charge is -2.13. The summed E-state index contributed by atoms with van der Waals surface area (Å²) in [6.07, 6.45) is 5.62. The lowest BCUT2D eigenvalue weighted by molar-refractivity contribution is -0.114. The molecule has 1 aliphatic heterocycles. The van der Waals surface area contributed by atoms with E-state index >= 15 is 0 Å². The molecule has 1 aliphatic rings. The van der Waals surface area contributed by atoms with Crippen molar-refractivity contribution in [3.63, 3.8) is 0 Å². The normalized spacial score (nSPS) is 16.6. The van der Waals surface area contributed by atoms with Gasteiger partial charge in [0.1, 0.15) is 5.75 Å². The Balaban J connectivity index is 2.20. The van der Waals surface area contributed by atoms with Gasteiger partial charge in [0.25, 0.3) is 0 Å². The number of aliphatic imine (C=N–C) groups is 1. The summed E-state index contributed by atoms with van der Waals surface area (Å²) in [5, 5.41) is 0. The fourth-order valence-corrected chi connectivity index (χ4v) is 2.14. The van der Waals surface area contributed by atoms with E-state index in [-0.39, 0.29) is 6.29 Å². The maximum atomic E-state index is 11.1. The van der Waals surface area contributed by atoms with Crippen LogP contribution in [-0.2, 0) is 14.3 Å². The number of amides is 1. The minimum absolute atomic E-state index is 0.318. The first-order chi connectivity index (χ1) is 12.0. The van der Waals surface area contributed by atoms with Crippen LogP contribution in [0.5, 0.6) is 5.75 Å². The number of hydrogen-bond acceptors (Lipinski definition) is 5. The minimum atomic E-state index is -0.514. The average Bonchev–Trinajstić information content (AvgIpc) is 3.12. The molecule has 2 N–H and O–H groups in total. The zero-order valence-electron chi connectivity index (χ0n) is 14.8. The molecule has 1 amide bonds. The minimum Gasteiger partial charge on any atom is -0.439 e. The predicted octanol–water partition coefficient (Wildman–Crippen LogP) is 3.17. The summed E-state index contributed by atoms with van der Waals surface area (Å²) in [6, 6.07) is 5.73. The van der Waals surface area contributed by atoms with Crippen LogP contribution < -0.4 is 10.5 Å². The van der Waals surface area contributed by atoms with Crippen LogP contribution in [0.15, 0.2) is 47.1 Å². The van der Waals surface area contributed by atoms with E-state index in [0.29, 0.717) is 30.4 Å². The van der Waals surface area contributed by atoms with E-state index in [1.54, 1.807) is 13.0 Å². The Kier molecular flexibility index (Phi) is 6.91. The van der Waals surface area contributed by atoms with Crippen LogP contribution in [0.2, 0.25) is 0 Å². The first kappa shape index (κ1) is 18.9. The van der Waals surface area contributed by atoms with Crippen molar-refractivity contribution in [1.29, 1.82) is 0 Å². The van der Waals surface area contributed by atoms with Gasteiger partial charge in [-0.2, -0.15) is 0 Å². The van der Waals surface area contributed by atoms with Crippen LogP contribution in [0, 0.1) is 6.92 Å². The van der Waals surface area contributed by atoms with Gasteiger partial charge in [-0.05, 0) is 44.0 Å². The maximum absolute atomic E-state index is 11.1. The summed E-state index contributed by atoms with van der Waals surface area (Å²) in [5.74, 6) is 0.540. The van der Waals surface area contributed by atoms with Gasteiger partial charge in [-0.1, -0.05) is 19.1 Å². The summed E-state index contributed by atoms with van der Waals surface area (Å²) in [6.45, 7) is 6.77. The van der Waals surface area contributed by atoms with Gasteiger partial charge in [0.15, 0.2) is 6.29 Å². The van der Waals surface area contributed by atoms with Crippen molar-refractivity contribution in [3.05, 3.63) is 53.3 Å². The summed E-state index contributed by atoms with van der Waals surface area (Å²) in [7, 11) is 0. The Morgan fingerprint density at radius 1 is 1.40 bits per heavy atom. The number of primary amides is 1. The fraction of sp³-hybridized carbons (Fsp3) is 0.368. The van der Waals surface area contributed by atoms with Crippen LogP contribution in [0.3, 0.4) is 0 Å². The molecular formula is C19H24N2O4. The smallest absolute Gasteiger partial charge is 0.245 e. The summed E-state index contributed by atoms with van der Waals surface area (Å²) in [4.78, 5) is 15.3. The average molecular weight is 344 g/mol. The molecule has 0 saturated carbocycles. The van der Waals surface area contributed by atoms with Crippen LogP contribution in [0.25, 0.3) is 0 Å². The van der Waals surface area contributed by atoms with Crippen LogP contribution >= 0.6 is 0 Å². The molecule has 1 heterocycles. The molecule has 0 atom stereocenters. The van der Waals surface area contributed by atoms with Gasteiger partial charge in [-0.15, -0.1) is 0 Å². The van der Waals surface area contributed by atoms with Gasteiger partial charge in [-0.25, -0.2) is 4.99 Å². The molecule has 25 heavy (non-hydrogen) atoms. The number of aryl methyl sites for hydroxylation is 1. The van der Waals surface area contributed by atoms with Gasteiger partial charge in [0.05, 0.1) is 13.2 Å². The Bertz CT molecular complexity index is 701. The monoisotopic (exact) mass is 344 g/mol. The van der Waals surface area contributed by atoms with Crippen molar-refractivity contribution in [2.45, 2.75) is 33.5 Å². The van der Waals surface area contributed by atoms with Gasteiger partial charge < -0.3 is 19.9 Å². The lowest BCUT2D eigenvalue weighted by Crippen LogP contribution is -2.12. The van der Waals surface area contributed by atoms with Crippen molar-refractivity contribution in [1.82, 2.24) is 0 Å². The Hall–Kier alpha value is -2.44. The van der Waals surface area contributed by atoms with Gasteiger partial charge in [-0.3, -0.25) is 4.79 Å². The topological polar surface area (TPSA) is 83.1 Å². The number of carbonyl (C=O) groups excluding carboxylic acids is 1. The maximum Gasteiger partial charge on any atom is 0.245 e.